The van der Waals surface area contributed by atoms with Crippen LogP contribution in [0.25, 0.3) is 23.0 Å². The lowest BCUT2D eigenvalue weighted by Gasteiger charge is -2.37. The first-order chi connectivity index (χ1) is 28.5. The number of aromatic nitrogens is 8. The molecule has 4 aliphatic rings. The molecule has 2 saturated heterocycles. The highest BCUT2D eigenvalue weighted by Gasteiger charge is 2.38. The molecule has 0 bridgehead atoms. The molecule has 0 spiro atoms. The summed E-state index contributed by atoms with van der Waals surface area (Å²) in [5, 5.41) is 49.5. The lowest BCUT2D eigenvalue weighted by molar-refractivity contribution is -0.143. The molecule has 6 heterocycles. The summed E-state index contributed by atoms with van der Waals surface area (Å²) >= 11 is 0. The molecule has 4 aromatic heterocycles. The zero-order chi connectivity index (χ0) is 41.4. The fourth-order valence-electron chi connectivity index (χ4n) is 6.60. The average Bonchev–Trinajstić information content (AvgIpc) is 3.99. The van der Waals surface area contributed by atoms with Crippen molar-refractivity contribution in [1.29, 1.82) is 0 Å². The van der Waals surface area contributed by atoms with Gasteiger partial charge in [-0.2, -0.15) is 0 Å². The van der Waals surface area contributed by atoms with Gasteiger partial charge in [-0.1, -0.05) is 22.4 Å². The van der Waals surface area contributed by atoms with Crippen molar-refractivity contribution in [2.75, 3.05) is 39.4 Å². The van der Waals surface area contributed by atoms with E-state index in [-0.39, 0.29) is 84.4 Å². The molecule has 23 nitrogen and oxygen atoms in total. The molecule has 6 aromatic rings. The summed E-state index contributed by atoms with van der Waals surface area (Å²) < 4.78 is 60.2. The van der Waals surface area contributed by atoms with Crippen molar-refractivity contribution in [2.24, 2.45) is 0 Å². The number of hydrogen-bond acceptors (Lipinski definition) is 19. The van der Waals surface area contributed by atoms with E-state index >= 15 is 0 Å². The van der Waals surface area contributed by atoms with Crippen LogP contribution in [-0.4, -0.2) is 124 Å². The molecule has 2 aliphatic carbocycles. The summed E-state index contributed by atoms with van der Waals surface area (Å²) in [6.45, 7) is 0.567. The van der Waals surface area contributed by atoms with Crippen LogP contribution in [0.4, 0.5) is 8.78 Å². The number of carboxylic acids is 1. The van der Waals surface area contributed by atoms with Gasteiger partial charge in [0.15, 0.2) is 0 Å². The third-order valence-electron chi connectivity index (χ3n) is 9.77. The van der Waals surface area contributed by atoms with Crippen LogP contribution in [0, 0.1) is 11.6 Å². The minimum absolute atomic E-state index is 0. The van der Waals surface area contributed by atoms with Crippen LogP contribution in [-0.2, 0) is 22.4 Å². The van der Waals surface area contributed by atoms with Crippen molar-refractivity contribution in [3.05, 3.63) is 91.4 Å². The topological polar surface area (TPSA) is 302 Å². The van der Waals surface area contributed by atoms with Gasteiger partial charge in [-0.05, 0) is 80.0 Å². The number of fused-ring (bicyclic) bond motifs is 2. The number of aliphatic hydroxyl groups is 2. The van der Waals surface area contributed by atoms with Crippen molar-refractivity contribution in [2.45, 2.75) is 37.1 Å². The highest BCUT2D eigenvalue weighted by Crippen LogP contribution is 2.40. The van der Waals surface area contributed by atoms with Crippen LogP contribution in [0.3, 0.4) is 0 Å². The zero-order valence-electron chi connectivity index (χ0n) is 30.5. The normalized spacial score (nSPS) is 17.4. The Labute approximate surface area is 338 Å². The van der Waals surface area contributed by atoms with E-state index in [4.69, 9.17) is 47.9 Å². The first kappa shape index (κ1) is 41.3. The molecule has 26 heteroatoms. The van der Waals surface area contributed by atoms with Gasteiger partial charge < -0.3 is 35.0 Å². The Hall–Kier alpha value is -6.83. The minimum atomic E-state index is -1.19. The second kappa shape index (κ2) is 17.2. The van der Waals surface area contributed by atoms with E-state index in [2.05, 4.69) is 36.3 Å². The molecule has 60 heavy (non-hydrogen) atoms. The molecule has 316 valence electrons. The Morgan fingerprint density at radius 2 is 1.20 bits per heavy atom. The van der Waals surface area contributed by atoms with Crippen LogP contribution >= 0.6 is 12.4 Å². The highest BCUT2D eigenvalue weighted by molar-refractivity contribution is 5.85. The van der Waals surface area contributed by atoms with E-state index in [9.17, 15) is 23.2 Å². The molecular weight excluding hydrogens is 830 g/mol. The summed E-state index contributed by atoms with van der Waals surface area (Å²) in [6.07, 6.45) is 0.655. The summed E-state index contributed by atoms with van der Waals surface area (Å²) in [4.78, 5) is 46.4. The number of carbonyl (C=O) groups excluding carboxylic acids is 1. The number of carbonyl (C=O) groups is 2. The number of carboxylic acid groups (broad SMARTS) is 1. The lowest BCUT2D eigenvalue weighted by Crippen LogP contribution is -2.57. The molecule has 2 atom stereocenters. The van der Waals surface area contributed by atoms with Crippen molar-refractivity contribution in [3.8, 4) is 34.8 Å². The number of rotatable bonds is 10. The molecule has 1 amide bonds. The number of hydrogen-bond donors (Lipinski definition) is 4. The first-order valence-electron chi connectivity index (χ1n) is 17.7. The number of aliphatic hydroxyl groups excluding tert-OH is 2. The van der Waals surface area contributed by atoms with E-state index in [0.717, 1.165) is 11.1 Å². The summed E-state index contributed by atoms with van der Waals surface area (Å²) in [6, 6.07) is 8.07. The van der Waals surface area contributed by atoms with Crippen LogP contribution in [0.1, 0.15) is 34.3 Å². The highest BCUT2D eigenvalue weighted by atomic mass is 35.5. The molecule has 4 N–H and O–H groups in total. The maximum absolute atomic E-state index is 13.6. The standard InChI is InChI=1S/C17H14FN5O6.C15H12FN5O4.C2H4O3.ClH/c18-9-2-1-8-3-12(11(8)4-9)23-15(20-28-17(23)26)14-16(21-29-19-14)27-10-5-22(6-10)13(25)7-24;16-8-2-1-7-3-11(10(7)4-8)21-13(19-24-15(21)22)12-14(20-25-18-12)23-9-5-17-6-9;3-1-2(4)5;/h1-2,4,10,12,24H,3,5-7H2;1-2,4,9,11,17H,3,5-6H2;3H,1H2,(H,4,5);1H. The van der Waals surface area contributed by atoms with Gasteiger partial charge in [-0.25, -0.2) is 41.6 Å². The molecule has 2 aliphatic heterocycles. The number of halogens is 3. The molecule has 0 saturated carbocycles. The van der Waals surface area contributed by atoms with Crippen LogP contribution in [0.2, 0.25) is 0 Å². The molecule has 2 fully saturated rings. The molecule has 10 rings (SSSR count). The van der Waals surface area contributed by atoms with Crippen molar-refractivity contribution in [1.82, 2.24) is 50.3 Å². The van der Waals surface area contributed by atoms with Crippen LogP contribution in [0.15, 0.2) is 64.3 Å². The Balaban J connectivity index is 0.000000162. The number of nitrogens with one attached hydrogen (secondary N) is 1. The van der Waals surface area contributed by atoms with E-state index < -0.39 is 48.5 Å². The van der Waals surface area contributed by atoms with Gasteiger partial charge in [0, 0.05) is 13.1 Å². The van der Waals surface area contributed by atoms with Gasteiger partial charge in [0.1, 0.15) is 37.1 Å². The second-order valence-electron chi connectivity index (χ2n) is 13.4. The Morgan fingerprint density at radius 3 is 1.62 bits per heavy atom. The Morgan fingerprint density at radius 1 is 0.733 bits per heavy atom. The molecular formula is C34H31ClF2N10O13. The number of amides is 1. The van der Waals surface area contributed by atoms with Gasteiger partial charge in [-0.3, -0.25) is 13.8 Å². The second-order valence-corrected chi connectivity index (χ2v) is 13.4. The van der Waals surface area contributed by atoms with Gasteiger partial charge in [0.25, 0.3) is 11.8 Å². The minimum Gasteiger partial charge on any atom is -0.480 e. The number of ether oxygens (including phenoxy) is 2. The van der Waals surface area contributed by atoms with Crippen molar-refractivity contribution in [3.63, 3.8) is 0 Å². The van der Waals surface area contributed by atoms with Crippen molar-refractivity contribution < 1.29 is 61.5 Å². The number of likely N-dealkylation sites (tertiary alicyclic amines) is 1. The van der Waals surface area contributed by atoms with Gasteiger partial charge in [0.2, 0.25) is 28.9 Å². The maximum atomic E-state index is 13.6. The Kier molecular flexibility index (Phi) is 11.8. The maximum Gasteiger partial charge on any atom is 0.442 e. The monoisotopic (exact) mass is 860 g/mol. The Bertz CT molecular complexity index is 2630. The van der Waals surface area contributed by atoms with Crippen LogP contribution in [0.5, 0.6) is 11.8 Å². The van der Waals surface area contributed by atoms with Crippen molar-refractivity contribution >= 4 is 24.3 Å². The molecule has 2 unspecified atom stereocenters. The van der Waals surface area contributed by atoms with E-state index in [1.165, 1.54) is 38.3 Å². The van der Waals surface area contributed by atoms with Crippen LogP contribution < -0.4 is 26.3 Å². The quantitative estimate of drug-likeness (QED) is 0.138. The number of benzene rings is 2. The SMILES string of the molecule is Cl.O=C(CO)N1CC(Oc2nonc2-c2noc(=O)n2C2Cc3ccc(F)cc32)C1.O=C(O)CO.O=c1onc(-c2nonc2OC2CNC2)n1C1Cc2ccc(F)cc21. The largest absolute Gasteiger partial charge is 0.480 e. The van der Waals surface area contributed by atoms with Gasteiger partial charge in [-0.15, -0.1) is 12.4 Å². The number of aliphatic carboxylic acids is 1. The van der Waals surface area contributed by atoms with E-state index in [1.807, 2.05) is 0 Å². The third kappa shape index (κ3) is 7.96. The molecule has 2 aromatic carbocycles. The molecule has 0 radical (unpaired) electrons. The fourth-order valence-corrected chi connectivity index (χ4v) is 6.60. The predicted octanol–water partition coefficient (Wildman–Crippen LogP) is -0.241. The summed E-state index contributed by atoms with van der Waals surface area (Å²) in [7, 11) is 0. The summed E-state index contributed by atoms with van der Waals surface area (Å²) in [5.74, 6) is -3.40. The lowest BCUT2D eigenvalue weighted by atomic mass is 9.83. The van der Waals surface area contributed by atoms with E-state index in [1.54, 1.807) is 12.1 Å². The summed E-state index contributed by atoms with van der Waals surface area (Å²) in [5.41, 5.74) is 3.52. The van der Waals surface area contributed by atoms with Gasteiger partial charge >= 0.3 is 17.5 Å². The van der Waals surface area contributed by atoms with Gasteiger partial charge in [0.05, 0.1) is 25.2 Å². The first-order valence-corrected chi connectivity index (χ1v) is 17.7. The fraction of sp³-hybridized carbons (Fsp3) is 0.353. The predicted molar refractivity (Wildman–Crippen MR) is 192 cm³/mol. The smallest absolute Gasteiger partial charge is 0.442 e. The third-order valence-corrected chi connectivity index (χ3v) is 9.77. The zero-order valence-corrected chi connectivity index (χ0v) is 31.4. The van der Waals surface area contributed by atoms with E-state index in [0.29, 0.717) is 37.1 Å². The average molecular weight is 861 g/mol. The number of nitrogens with zero attached hydrogens (tertiary/aromatic N) is 9.